The number of pyridine rings is 1. The summed E-state index contributed by atoms with van der Waals surface area (Å²) in [4.78, 5) is 3.92. The van der Waals surface area contributed by atoms with Gasteiger partial charge in [0.1, 0.15) is 0 Å². The molecule has 0 aliphatic heterocycles. The first-order valence-corrected chi connectivity index (χ1v) is 7.37. The lowest BCUT2D eigenvalue weighted by Gasteiger charge is -2.25. The third-order valence-electron chi connectivity index (χ3n) is 3.48. The number of hydrogen-bond donors (Lipinski definition) is 1. The Labute approximate surface area is 139 Å². The SMILES string of the molecule is COc1ccc(C(C)(O)Cc2c(Cl)cncc2Cl)cc1OC. The van der Waals surface area contributed by atoms with Crippen molar-refractivity contribution in [3.8, 4) is 11.5 Å². The Morgan fingerprint density at radius 1 is 1.09 bits per heavy atom. The van der Waals surface area contributed by atoms with E-state index >= 15 is 0 Å². The molecule has 0 saturated carbocycles. The van der Waals surface area contributed by atoms with Crippen LogP contribution in [0.3, 0.4) is 0 Å². The second-order valence-electron chi connectivity index (χ2n) is 5.10. The summed E-state index contributed by atoms with van der Waals surface area (Å²) in [6.07, 6.45) is 3.27. The molecule has 0 fully saturated rings. The van der Waals surface area contributed by atoms with Crippen molar-refractivity contribution in [3.63, 3.8) is 0 Å². The van der Waals surface area contributed by atoms with Gasteiger partial charge in [-0.25, -0.2) is 0 Å². The van der Waals surface area contributed by atoms with E-state index in [2.05, 4.69) is 4.98 Å². The Bertz CT molecular complexity index is 654. The van der Waals surface area contributed by atoms with Crippen LogP contribution in [-0.4, -0.2) is 24.3 Å². The van der Waals surface area contributed by atoms with E-state index in [1.165, 1.54) is 12.4 Å². The summed E-state index contributed by atoms with van der Waals surface area (Å²) >= 11 is 12.3. The molecule has 0 aliphatic carbocycles. The largest absolute Gasteiger partial charge is 0.493 e. The number of ether oxygens (including phenoxy) is 2. The Balaban J connectivity index is 2.38. The molecular weight excluding hydrogens is 325 g/mol. The minimum atomic E-state index is -1.17. The van der Waals surface area contributed by atoms with Crippen LogP contribution in [0.2, 0.25) is 10.0 Å². The zero-order valence-electron chi connectivity index (χ0n) is 12.6. The van der Waals surface area contributed by atoms with Gasteiger partial charge in [0.25, 0.3) is 0 Å². The zero-order valence-corrected chi connectivity index (χ0v) is 14.1. The van der Waals surface area contributed by atoms with E-state index in [0.29, 0.717) is 32.7 Å². The third kappa shape index (κ3) is 3.46. The normalized spacial score (nSPS) is 13.5. The van der Waals surface area contributed by atoms with Crippen molar-refractivity contribution < 1.29 is 14.6 Å². The zero-order chi connectivity index (χ0) is 16.3. The lowest BCUT2D eigenvalue weighted by atomic mass is 9.89. The first-order chi connectivity index (χ1) is 10.4. The lowest BCUT2D eigenvalue weighted by molar-refractivity contribution is 0.0573. The summed E-state index contributed by atoms with van der Waals surface area (Å²) in [5.74, 6) is 1.15. The van der Waals surface area contributed by atoms with Gasteiger partial charge >= 0.3 is 0 Å². The first-order valence-electron chi connectivity index (χ1n) is 6.62. The first kappa shape index (κ1) is 16.9. The van der Waals surface area contributed by atoms with Crippen molar-refractivity contribution in [2.24, 2.45) is 0 Å². The van der Waals surface area contributed by atoms with Crippen molar-refractivity contribution >= 4 is 23.2 Å². The smallest absolute Gasteiger partial charge is 0.161 e. The summed E-state index contributed by atoms with van der Waals surface area (Å²) < 4.78 is 10.5. The molecule has 2 aromatic rings. The van der Waals surface area contributed by atoms with Crippen LogP contribution >= 0.6 is 23.2 Å². The average Bonchev–Trinajstić information content (AvgIpc) is 2.50. The predicted molar refractivity (Wildman–Crippen MR) is 87.1 cm³/mol. The summed E-state index contributed by atoms with van der Waals surface area (Å²) in [6.45, 7) is 1.70. The number of aromatic nitrogens is 1. The van der Waals surface area contributed by atoms with Crippen molar-refractivity contribution in [3.05, 3.63) is 51.8 Å². The van der Waals surface area contributed by atoms with Gasteiger partial charge < -0.3 is 14.6 Å². The van der Waals surface area contributed by atoms with E-state index < -0.39 is 5.60 Å². The Morgan fingerprint density at radius 3 is 2.23 bits per heavy atom. The molecule has 1 aromatic carbocycles. The van der Waals surface area contributed by atoms with Crippen LogP contribution in [0.1, 0.15) is 18.1 Å². The minimum absolute atomic E-state index is 0.253. The summed E-state index contributed by atoms with van der Waals surface area (Å²) in [7, 11) is 3.11. The highest BCUT2D eigenvalue weighted by Crippen LogP contribution is 2.36. The molecule has 1 aromatic heterocycles. The number of hydrogen-bond acceptors (Lipinski definition) is 4. The topological polar surface area (TPSA) is 51.6 Å². The van der Waals surface area contributed by atoms with E-state index in [9.17, 15) is 5.11 Å². The van der Waals surface area contributed by atoms with Crippen LogP contribution < -0.4 is 9.47 Å². The highest BCUT2D eigenvalue weighted by Gasteiger charge is 2.27. The summed E-state index contributed by atoms with van der Waals surface area (Å²) in [5, 5.41) is 11.7. The van der Waals surface area contributed by atoms with Crippen molar-refractivity contribution in [2.75, 3.05) is 14.2 Å². The van der Waals surface area contributed by atoms with Gasteiger partial charge in [0, 0.05) is 18.8 Å². The molecule has 0 spiro atoms. The van der Waals surface area contributed by atoms with E-state index in [1.54, 1.807) is 39.3 Å². The Hall–Kier alpha value is -1.49. The van der Waals surface area contributed by atoms with Crippen LogP contribution in [0.4, 0.5) is 0 Å². The molecule has 0 saturated heterocycles. The molecule has 1 atom stereocenters. The predicted octanol–water partition coefficient (Wildman–Crippen LogP) is 3.86. The molecule has 4 nitrogen and oxygen atoms in total. The van der Waals surface area contributed by atoms with Crippen LogP contribution in [0, 0.1) is 0 Å². The van der Waals surface area contributed by atoms with Crippen LogP contribution in [0.25, 0.3) is 0 Å². The molecule has 0 aliphatic rings. The van der Waals surface area contributed by atoms with Crippen molar-refractivity contribution in [1.29, 1.82) is 0 Å². The second kappa shape index (κ2) is 6.73. The molecule has 0 amide bonds. The molecular formula is C16H17Cl2NO3. The highest BCUT2D eigenvalue weighted by atomic mass is 35.5. The van der Waals surface area contributed by atoms with Crippen molar-refractivity contribution in [1.82, 2.24) is 4.98 Å². The lowest BCUT2D eigenvalue weighted by Crippen LogP contribution is -2.24. The maximum atomic E-state index is 10.8. The number of benzene rings is 1. The molecule has 1 unspecified atom stereocenters. The maximum Gasteiger partial charge on any atom is 0.161 e. The fourth-order valence-corrected chi connectivity index (χ4v) is 2.72. The molecule has 0 bridgehead atoms. The number of aliphatic hydroxyl groups is 1. The van der Waals surface area contributed by atoms with Gasteiger partial charge in [-0.15, -0.1) is 0 Å². The molecule has 1 heterocycles. The summed E-state index contributed by atoms with van der Waals surface area (Å²) in [6, 6.07) is 5.27. The van der Waals surface area contributed by atoms with Crippen LogP contribution in [-0.2, 0) is 12.0 Å². The van der Waals surface area contributed by atoms with E-state index in [1.807, 2.05) is 0 Å². The van der Waals surface area contributed by atoms with Crippen LogP contribution in [0.15, 0.2) is 30.6 Å². The van der Waals surface area contributed by atoms with E-state index in [4.69, 9.17) is 32.7 Å². The van der Waals surface area contributed by atoms with Gasteiger partial charge in [0.15, 0.2) is 11.5 Å². The molecule has 118 valence electrons. The standard InChI is InChI=1S/C16H17Cl2NO3/c1-16(20,7-11-12(17)8-19-9-13(11)18)10-4-5-14(21-2)15(6-10)22-3/h4-6,8-9,20H,7H2,1-3H3. The van der Waals surface area contributed by atoms with Crippen molar-refractivity contribution in [2.45, 2.75) is 18.9 Å². The van der Waals surface area contributed by atoms with Crippen LogP contribution in [0.5, 0.6) is 11.5 Å². The van der Waals surface area contributed by atoms with Gasteiger partial charge in [0.2, 0.25) is 0 Å². The highest BCUT2D eigenvalue weighted by molar-refractivity contribution is 6.35. The van der Waals surface area contributed by atoms with Gasteiger partial charge in [-0.3, -0.25) is 4.98 Å². The van der Waals surface area contributed by atoms with Gasteiger partial charge in [-0.2, -0.15) is 0 Å². The number of methoxy groups -OCH3 is 2. The number of halogens is 2. The Kier molecular flexibility index (Phi) is 5.16. The molecule has 6 heteroatoms. The monoisotopic (exact) mass is 341 g/mol. The van der Waals surface area contributed by atoms with Gasteiger partial charge in [-0.05, 0) is 30.2 Å². The fourth-order valence-electron chi connectivity index (χ4n) is 2.22. The number of nitrogens with zero attached hydrogens (tertiary/aromatic N) is 1. The molecule has 1 N–H and O–H groups in total. The minimum Gasteiger partial charge on any atom is -0.493 e. The average molecular weight is 342 g/mol. The maximum absolute atomic E-state index is 10.8. The quantitative estimate of drug-likeness (QED) is 0.897. The third-order valence-corrected chi connectivity index (χ3v) is 4.13. The van der Waals surface area contributed by atoms with Gasteiger partial charge in [0.05, 0.1) is 29.9 Å². The van der Waals surface area contributed by atoms with E-state index in [0.717, 1.165) is 0 Å². The molecule has 2 rings (SSSR count). The number of rotatable bonds is 5. The second-order valence-corrected chi connectivity index (χ2v) is 5.92. The Morgan fingerprint density at radius 2 is 1.68 bits per heavy atom. The molecule has 0 radical (unpaired) electrons. The van der Waals surface area contributed by atoms with E-state index in [-0.39, 0.29) is 6.42 Å². The summed E-state index contributed by atoms with van der Waals surface area (Å²) in [5.41, 5.74) is 0.154. The fraction of sp³-hybridized carbons (Fsp3) is 0.312. The molecule has 22 heavy (non-hydrogen) atoms. The van der Waals surface area contributed by atoms with Gasteiger partial charge in [-0.1, -0.05) is 29.3 Å².